The number of nitrogens with one attached hydrogen (secondary N) is 2. The molecule has 186 valence electrons. The maximum Gasteiger partial charge on any atom is 0.412 e. The number of benzene rings is 3. The van der Waals surface area contributed by atoms with Gasteiger partial charge in [-0.05, 0) is 58.4 Å². The number of ether oxygens (including phenoxy) is 3. The lowest BCUT2D eigenvalue weighted by molar-refractivity contribution is -0.111. The number of nitrogen functional groups attached to an aromatic ring is 1. The van der Waals surface area contributed by atoms with Gasteiger partial charge in [-0.2, -0.15) is 0 Å². The highest BCUT2D eigenvalue weighted by Crippen LogP contribution is 2.39. The van der Waals surface area contributed by atoms with Gasteiger partial charge >= 0.3 is 6.09 Å². The molecule has 0 saturated heterocycles. The first-order chi connectivity index (χ1) is 17.3. The molecule has 3 aromatic rings. The monoisotopic (exact) mass is 617 g/mol. The van der Waals surface area contributed by atoms with Crippen LogP contribution in [0.3, 0.4) is 0 Å². The van der Waals surface area contributed by atoms with Gasteiger partial charge in [0.2, 0.25) is 12.7 Å². The van der Waals surface area contributed by atoms with Crippen LogP contribution in [-0.2, 0) is 9.53 Å². The number of phenols is 1. The van der Waals surface area contributed by atoms with Crippen LogP contribution in [0.4, 0.5) is 21.9 Å². The second-order valence-electron chi connectivity index (χ2n) is 7.63. The van der Waals surface area contributed by atoms with E-state index < -0.39 is 18.1 Å². The number of aromatic hydroxyl groups is 1. The Kier molecular flexibility index (Phi) is 8.01. The number of nitrogens with two attached hydrogens (primary N) is 1. The van der Waals surface area contributed by atoms with Gasteiger partial charge in [-0.15, -0.1) is 0 Å². The molecule has 0 saturated carbocycles. The van der Waals surface area contributed by atoms with E-state index in [1.165, 1.54) is 6.08 Å². The Bertz CT molecular complexity index is 1330. The summed E-state index contributed by atoms with van der Waals surface area (Å²) in [4.78, 5) is 25.1. The lowest BCUT2D eigenvalue weighted by atomic mass is 10.0. The van der Waals surface area contributed by atoms with Crippen LogP contribution in [0.5, 0.6) is 17.2 Å². The van der Waals surface area contributed by atoms with Gasteiger partial charge in [0.1, 0.15) is 11.9 Å². The maximum absolute atomic E-state index is 12.7. The molecule has 36 heavy (non-hydrogen) atoms. The van der Waals surface area contributed by atoms with Crippen molar-refractivity contribution in [1.29, 1.82) is 0 Å². The number of rotatable bonds is 7. The molecule has 2 amide bonds. The Hall–Kier alpha value is -3.70. The standard InChI is InChI=1S/C25H21Br2N3O6/c26-14-10-16(24(32)17(27)11-14)20(6-3-7-23(31)30-19-5-2-1-4-18(19)28)36-25(33)29-15-8-9-21-22(12-15)35-13-34-21/h1-5,7-12,20,32H,6,13,28H2,(H,29,33)(H,30,31)/b7-3+/t20-/m1/s1. The fourth-order valence-electron chi connectivity index (χ4n) is 3.40. The number of phenolic OH excluding ortho intramolecular Hbond substituents is 1. The summed E-state index contributed by atoms with van der Waals surface area (Å²) >= 11 is 6.68. The highest BCUT2D eigenvalue weighted by molar-refractivity contribution is 9.11. The second kappa shape index (κ2) is 11.4. The number of para-hydroxylation sites is 2. The summed E-state index contributed by atoms with van der Waals surface area (Å²) in [6.45, 7) is 0.110. The Morgan fingerprint density at radius 3 is 2.67 bits per heavy atom. The Labute approximate surface area is 223 Å². The zero-order valence-corrected chi connectivity index (χ0v) is 21.8. The van der Waals surface area contributed by atoms with Crippen molar-refractivity contribution < 1.29 is 28.9 Å². The van der Waals surface area contributed by atoms with Gasteiger partial charge < -0.3 is 30.4 Å². The van der Waals surface area contributed by atoms with Gasteiger partial charge in [-0.25, -0.2) is 4.79 Å². The average molecular weight is 619 g/mol. The van der Waals surface area contributed by atoms with Gasteiger partial charge in [-0.1, -0.05) is 34.1 Å². The maximum atomic E-state index is 12.7. The summed E-state index contributed by atoms with van der Waals surface area (Å²) in [5.41, 5.74) is 7.56. The molecule has 0 unspecified atom stereocenters. The third kappa shape index (κ3) is 6.29. The van der Waals surface area contributed by atoms with Gasteiger partial charge in [0.25, 0.3) is 0 Å². The van der Waals surface area contributed by atoms with E-state index in [-0.39, 0.29) is 19.0 Å². The van der Waals surface area contributed by atoms with Crippen LogP contribution in [-0.4, -0.2) is 23.9 Å². The van der Waals surface area contributed by atoms with Crippen LogP contribution >= 0.6 is 31.9 Å². The Morgan fingerprint density at radius 1 is 1.08 bits per heavy atom. The molecule has 1 aliphatic heterocycles. The first-order valence-corrected chi connectivity index (χ1v) is 12.3. The smallest absolute Gasteiger partial charge is 0.412 e. The van der Waals surface area contributed by atoms with Crippen molar-refractivity contribution in [2.75, 3.05) is 23.2 Å². The molecule has 1 heterocycles. The number of carbonyl (C=O) groups is 2. The minimum atomic E-state index is -0.918. The molecular weight excluding hydrogens is 598 g/mol. The van der Waals surface area contributed by atoms with Crippen molar-refractivity contribution in [2.45, 2.75) is 12.5 Å². The lowest BCUT2D eigenvalue weighted by Gasteiger charge is -2.19. The molecule has 0 aliphatic carbocycles. The summed E-state index contributed by atoms with van der Waals surface area (Å²) in [6.07, 6.45) is 1.27. The molecule has 0 bridgehead atoms. The molecule has 9 nitrogen and oxygen atoms in total. The molecule has 3 aromatic carbocycles. The van der Waals surface area contributed by atoms with E-state index in [9.17, 15) is 14.7 Å². The molecule has 1 atom stereocenters. The van der Waals surface area contributed by atoms with Gasteiger partial charge in [0.15, 0.2) is 11.5 Å². The van der Waals surface area contributed by atoms with Crippen LogP contribution < -0.4 is 25.8 Å². The van der Waals surface area contributed by atoms with Gasteiger partial charge in [0.05, 0.1) is 15.8 Å². The van der Waals surface area contributed by atoms with Crippen molar-refractivity contribution in [3.63, 3.8) is 0 Å². The summed E-state index contributed by atoms with van der Waals surface area (Å²) in [6, 6.07) is 15.1. The summed E-state index contributed by atoms with van der Waals surface area (Å²) < 4.78 is 17.3. The number of anilines is 3. The van der Waals surface area contributed by atoms with Crippen molar-refractivity contribution >= 4 is 60.9 Å². The van der Waals surface area contributed by atoms with Gasteiger partial charge in [0, 0.05) is 28.2 Å². The zero-order valence-electron chi connectivity index (χ0n) is 18.7. The van der Waals surface area contributed by atoms with Crippen LogP contribution in [0.2, 0.25) is 0 Å². The normalized spacial score (nSPS) is 12.8. The number of fused-ring (bicyclic) bond motifs is 1. The topological polar surface area (TPSA) is 132 Å². The first kappa shape index (κ1) is 25.4. The Morgan fingerprint density at radius 2 is 1.86 bits per heavy atom. The fourth-order valence-corrected chi connectivity index (χ4v) is 4.66. The summed E-state index contributed by atoms with van der Waals surface area (Å²) in [5.74, 6) is 0.590. The molecule has 4 rings (SSSR count). The molecule has 0 aromatic heterocycles. The quantitative estimate of drug-likeness (QED) is 0.186. The minimum Gasteiger partial charge on any atom is -0.506 e. The first-order valence-electron chi connectivity index (χ1n) is 10.7. The van der Waals surface area contributed by atoms with Gasteiger partial charge in [-0.3, -0.25) is 10.1 Å². The molecular formula is C25H21Br2N3O6. The van der Waals surface area contributed by atoms with Crippen molar-refractivity contribution in [1.82, 2.24) is 0 Å². The number of hydrogen-bond donors (Lipinski definition) is 4. The lowest BCUT2D eigenvalue weighted by Crippen LogP contribution is -2.18. The third-order valence-electron chi connectivity index (χ3n) is 5.11. The highest BCUT2D eigenvalue weighted by atomic mass is 79.9. The number of halogens is 2. The van der Waals surface area contributed by atoms with E-state index in [0.717, 1.165) is 0 Å². The summed E-state index contributed by atoms with van der Waals surface area (Å²) in [7, 11) is 0. The molecule has 0 fully saturated rings. The van der Waals surface area contributed by atoms with E-state index in [1.807, 2.05) is 0 Å². The summed E-state index contributed by atoms with van der Waals surface area (Å²) in [5, 5.41) is 15.9. The SMILES string of the molecule is Nc1ccccc1NC(=O)/C=C/C[C@@H](OC(=O)Nc1ccc2c(c1)OCO2)c1cc(Br)cc(Br)c1O. The fraction of sp³-hybridized carbons (Fsp3) is 0.120. The van der Waals surface area contributed by atoms with E-state index >= 15 is 0 Å². The minimum absolute atomic E-state index is 0.0889. The van der Waals surface area contributed by atoms with Crippen molar-refractivity contribution in [3.05, 3.63) is 81.3 Å². The van der Waals surface area contributed by atoms with Crippen LogP contribution in [0.25, 0.3) is 0 Å². The zero-order chi connectivity index (χ0) is 25.7. The van der Waals surface area contributed by atoms with E-state index in [2.05, 4.69) is 42.5 Å². The van der Waals surface area contributed by atoms with E-state index in [1.54, 1.807) is 60.7 Å². The highest BCUT2D eigenvalue weighted by Gasteiger charge is 2.22. The molecule has 0 radical (unpaired) electrons. The van der Waals surface area contributed by atoms with Crippen LogP contribution in [0.1, 0.15) is 18.1 Å². The van der Waals surface area contributed by atoms with Crippen molar-refractivity contribution in [3.8, 4) is 17.2 Å². The van der Waals surface area contributed by atoms with Crippen molar-refractivity contribution in [2.24, 2.45) is 0 Å². The second-order valence-corrected chi connectivity index (χ2v) is 9.40. The number of carbonyl (C=O) groups excluding carboxylic acids is 2. The molecule has 1 aliphatic rings. The van der Waals surface area contributed by atoms with Crippen LogP contribution in [0.15, 0.2) is 75.7 Å². The predicted molar refractivity (Wildman–Crippen MR) is 142 cm³/mol. The third-order valence-corrected chi connectivity index (χ3v) is 6.17. The Balaban J connectivity index is 1.48. The largest absolute Gasteiger partial charge is 0.506 e. The van der Waals surface area contributed by atoms with Crippen LogP contribution in [0, 0.1) is 0 Å². The average Bonchev–Trinajstić information content (AvgIpc) is 3.30. The molecule has 5 N–H and O–H groups in total. The van der Waals surface area contributed by atoms with E-state index in [4.69, 9.17) is 19.9 Å². The molecule has 11 heteroatoms. The van der Waals surface area contributed by atoms with E-state index in [0.29, 0.717) is 43.1 Å². The predicted octanol–water partition coefficient (Wildman–Crippen LogP) is 6.10. The number of amides is 2. The molecule has 0 spiro atoms. The number of hydrogen-bond acceptors (Lipinski definition) is 7.